The zero-order chi connectivity index (χ0) is 9.97. The molecule has 1 aromatic heterocycles. The van der Waals surface area contributed by atoms with Crippen LogP contribution in [0.5, 0.6) is 0 Å². The first-order chi connectivity index (χ1) is 6.79. The first kappa shape index (κ1) is 12.7. The Hall–Kier alpha value is -0.360. The Kier molecular flexibility index (Phi) is 4.79. The second kappa shape index (κ2) is 5.65. The van der Waals surface area contributed by atoms with Gasteiger partial charge in [0.15, 0.2) is 5.13 Å². The molecular formula is C9H16ClN3OS. The Bertz CT molecular complexity index is 303. The average molecular weight is 250 g/mol. The van der Waals surface area contributed by atoms with E-state index in [0.29, 0.717) is 11.2 Å². The summed E-state index contributed by atoms with van der Waals surface area (Å²) in [5.41, 5.74) is 5.56. The SMILES string of the molecule is Cl.Nc1ncc(CN(CCO)C2CC2)s1. The van der Waals surface area contributed by atoms with Crippen LogP contribution in [0.3, 0.4) is 0 Å². The predicted molar refractivity (Wildman–Crippen MR) is 64.3 cm³/mol. The molecule has 1 saturated carbocycles. The van der Waals surface area contributed by atoms with Crippen molar-refractivity contribution in [1.29, 1.82) is 0 Å². The number of rotatable bonds is 5. The maximum absolute atomic E-state index is 8.92. The van der Waals surface area contributed by atoms with E-state index in [4.69, 9.17) is 10.8 Å². The van der Waals surface area contributed by atoms with Gasteiger partial charge in [-0.15, -0.1) is 23.7 Å². The average Bonchev–Trinajstić information content (AvgIpc) is 2.91. The summed E-state index contributed by atoms with van der Waals surface area (Å²) in [4.78, 5) is 7.50. The fourth-order valence-corrected chi connectivity index (χ4v) is 2.26. The van der Waals surface area contributed by atoms with E-state index in [1.165, 1.54) is 29.1 Å². The number of aromatic nitrogens is 1. The summed E-state index contributed by atoms with van der Waals surface area (Å²) in [7, 11) is 0. The van der Waals surface area contributed by atoms with Crippen molar-refractivity contribution in [3.63, 3.8) is 0 Å². The van der Waals surface area contributed by atoms with Crippen LogP contribution in [-0.4, -0.2) is 34.2 Å². The molecule has 1 fully saturated rings. The van der Waals surface area contributed by atoms with Crippen LogP contribution >= 0.6 is 23.7 Å². The molecule has 1 aliphatic carbocycles. The van der Waals surface area contributed by atoms with Crippen LogP contribution < -0.4 is 5.73 Å². The molecule has 0 aromatic carbocycles. The monoisotopic (exact) mass is 249 g/mol. The maximum Gasteiger partial charge on any atom is 0.180 e. The predicted octanol–water partition coefficient (Wildman–Crippen LogP) is 1.10. The van der Waals surface area contributed by atoms with Crippen LogP contribution in [0.15, 0.2) is 6.20 Å². The Labute approximate surface area is 99.5 Å². The molecule has 0 aliphatic heterocycles. The van der Waals surface area contributed by atoms with E-state index in [1.54, 1.807) is 0 Å². The lowest BCUT2D eigenvalue weighted by atomic mass is 10.4. The Morgan fingerprint density at radius 1 is 1.60 bits per heavy atom. The summed E-state index contributed by atoms with van der Waals surface area (Å²) in [6.07, 6.45) is 4.34. The standard InChI is InChI=1S/C9H15N3OS.ClH/c10-9-11-5-8(14-9)6-12(3-4-13)7-1-2-7;/h5,7,13H,1-4,6H2,(H2,10,11);1H. The van der Waals surface area contributed by atoms with Crippen molar-refractivity contribution < 1.29 is 5.11 Å². The topological polar surface area (TPSA) is 62.4 Å². The quantitative estimate of drug-likeness (QED) is 0.821. The summed E-state index contributed by atoms with van der Waals surface area (Å²) in [5, 5.41) is 9.54. The number of nitrogens with two attached hydrogens (primary N) is 1. The minimum Gasteiger partial charge on any atom is -0.395 e. The lowest BCUT2D eigenvalue weighted by molar-refractivity contribution is 0.184. The molecule has 1 aromatic rings. The minimum atomic E-state index is 0. The van der Waals surface area contributed by atoms with Crippen molar-refractivity contribution in [3.8, 4) is 0 Å². The van der Waals surface area contributed by atoms with E-state index in [2.05, 4.69) is 9.88 Å². The van der Waals surface area contributed by atoms with Gasteiger partial charge in [-0.2, -0.15) is 0 Å². The highest BCUT2D eigenvalue weighted by Crippen LogP contribution is 2.29. The summed E-state index contributed by atoms with van der Waals surface area (Å²) >= 11 is 1.53. The van der Waals surface area contributed by atoms with Crippen LogP contribution in [0.4, 0.5) is 5.13 Å². The number of anilines is 1. The number of thiazole rings is 1. The van der Waals surface area contributed by atoms with Crippen LogP contribution in [-0.2, 0) is 6.54 Å². The molecule has 6 heteroatoms. The van der Waals surface area contributed by atoms with Gasteiger partial charge in [-0.05, 0) is 12.8 Å². The molecule has 0 bridgehead atoms. The number of aliphatic hydroxyl groups excluding tert-OH is 1. The molecule has 2 rings (SSSR count). The molecule has 3 N–H and O–H groups in total. The van der Waals surface area contributed by atoms with Gasteiger partial charge < -0.3 is 10.8 Å². The second-order valence-corrected chi connectivity index (χ2v) is 4.74. The van der Waals surface area contributed by atoms with Gasteiger partial charge in [-0.3, -0.25) is 4.90 Å². The van der Waals surface area contributed by atoms with Crippen molar-refractivity contribution in [1.82, 2.24) is 9.88 Å². The number of nitrogens with zero attached hydrogens (tertiary/aromatic N) is 2. The fraction of sp³-hybridized carbons (Fsp3) is 0.667. The van der Waals surface area contributed by atoms with E-state index in [9.17, 15) is 0 Å². The van der Waals surface area contributed by atoms with Gasteiger partial charge in [0.25, 0.3) is 0 Å². The lowest BCUT2D eigenvalue weighted by Crippen LogP contribution is -2.28. The maximum atomic E-state index is 8.92. The molecule has 1 heterocycles. The van der Waals surface area contributed by atoms with Gasteiger partial charge in [0.1, 0.15) is 0 Å². The molecule has 15 heavy (non-hydrogen) atoms. The van der Waals surface area contributed by atoms with E-state index >= 15 is 0 Å². The second-order valence-electron chi connectivity index (χ2n) is 3.59. The van der Waals surface area contributed by atoms with Crippen molar-refractivity contribution in [2.24, 2.45) is 0 Å². The number of halogens is 1. The third-order valence-electron chi connectivity index (χ3n) is 2.38. The minimum absolute atomic E-state index is 0. The molecule has 0 amide bonds. The van der Waals surface area contributed by atoms with Gasteiger partial charge in [-0.1, -0.05) is 0 Å². The Balaban J connectivity index is 0.00000112. The van der Waals surface area contributed by atoms with Gasteiger partial charge in [-0.25, -0.2) is 4.98 Å². The van der Waals surface area contributed by atoms with Crippen molar-refractivity contribution >= 4 is 28.9 Å². The van der Waals surface area contributed by atoms with Crippen molar-refractivity contribution in [2.45, 2.75) is 25.4 Å². The number of hydrogen-bond acceptors (Lipinski definition) is 5. The molecule has 0 radical (unpaired) electrons. The van der Waals surface area contributed by atoms with Gasteiger partial charge >= 0.3 is 0 Å². The Morgan fingerprint density at radius 3 is 2.80 bits per heavy atom. The zero-order valence-corrected chi connectivity index (χ0v) is 10.1. The van der Waals surface area contributed by atoms with Gasteiger partial charge in [0, 0.05) is 30.2 Å². The largest absolute Gasteiger partial charge is 0.395 e. The molecule has 0 atom stereocenters. The first-order valence-electron chi connectivity index (χ1n) is 4.84. The third kappa shape index (κ3) is 3.61. The van der Waals surface area contributed by atoms with Crippen molar-refractivity contribution in [2.75, 3.05) is 18.9 Å². The molecule has 0 saturated heterocycles. The first-order valence-corrected chi connectivity index (χ1v) is 5.66. The molecule has 0 unspecified atom stereocenters. The zero-order valence-electron chi connectivity index (χ0n) is 8.43. The molecular weight excluding hydrogens is 234 g/mol. The van der Waals surface area contributed by atoms with Crippen molar-refractivity contribution in [3.05, 3.63) is 11.1 Å². The lowest BCUT2D eigenvalue weighted by Gasteiger charge is -2.19. The van der Waals surface area contributed by atoms with Crippen LogP contribution in [0, 0.1) is 0 Å². The summed E-state index contributed by atoms with van der Waals surface area (Å²) in [6, 6.07) is 0.672. The smallest absolute Gasteiger partial charge is 0.180 e. The highest BCUT2D eigenvalue weighted by atomic mass is 35.5. The van der Waals surface area contributed by atoms with Crippen LogP contribution in [0.25, 0.3) is 0 Å². The highest BCUT2D eigenvalue weighted by Gasteiger charge is 2.28. The third-order valence-corrected chi connectivity index (χ3v) is 3.19. The van der Waals surface area contributed by atoms with Gasteiger partial charge in [0.2, 0.25) is 0 Å². The molecule has 0 spiro atoms. The van der Waals surface area contributed by atoms with Crippen LogP contribution in [0.1, 0.15) is 17.7 Å². The molecule has 1 aliphatic rings. The highest BCUT2D eigenvalue weighted by molar-refractivity contribution is 7.15. The van der Waals surface area contributed by atoms with E-state index in [-0.39, 0.29) is 19.0 Å². The van der Waals surface area contributed by atoms with Crippen LogP contribution in [0.2, 0.25) is 0 Å². The Morgan fingerprint density at radius 2 is 2.33 bits per heavy atom. The number of hydrogen-bond donors (Lipinski definition) is 2. The number of aliphatic hydroxyl groups is 1. The van der Waals surface area contributed by atoms with E-state index in [1.807, 2.05) is 6.20 Å². The summed E-state index contributed by atoms with van der Waals surface area (Å²) in [5.74, 6) is 0. The normalized spacial score (nSPS) is 15.3. The summed E-state index contributed by atoms with van der Waals surface area (Å²) in [6.45, 7) is 1.85. The van der Waals surface area contributed by atoms with E-state index < -0.39 is 0 Å². The number of nitrogen functional groups attached to an aromatic ring is 1. The molecule has 4 nitrogen and oxygen atoms in total. The molecule has 86 valence electrons. The van der Waals surface area contributed by atoms with E-state index in [0.717, 1.165) is 13.1 Å². The van der Waals surface area contributed by atoms with Gasteiger partial charge in [0.05, 0.1) is 6.61 Å². The summed E-state index contributed by atoms with van der Waals surface area (Å²) < 4.78 is 0. The fourth-order valence-electron chi connectivity index (χ4n) is 1.55.